The molecule has 0 aliphatic carbocycles. The molecule has 0 fully saturated rings. The summed E-state index contributed by atoms with van der Waals surface area (Å²) in [7, 11) is 1.71. The van der Waals surface area contributed by atoms with E-state index in [2.05, 4.69) is 73.9 Å². The van der Waals surface area contributed by atoms with Crippen molar-refractivity contribution in [3.8, 4) is 11.1 Å². The molecule has 2 aromatic rings. The first-order valence-corrected chi connectivity index (χ1v) is 10.9. The molecule has 0 amide bonds. The van der Waals surface area contributed by atoms with E-state index in [0.717, 1.165) is 30.1 Å². The highest BCUT2D eigenvalue weighted by atomic mass is 16.5. The van der Waals surface area contributed by atoms with Gasteiger partial charge in [-0.05, 0) is 62.8 Å². The highest BCUT2D eigenvalue weighted by Gasteiger charge is 2.08. The third kappa shape index (κ3) is 13.6. The Balaban J connectivity index is 0.000000908. The molecule has 32 heavy (non-hydrogen) atoms. The molecule has 0 spiro atoms. The van der Waals surface area contributed by atoms with Gasteiger partial charge in [-0.1, -0.05) is 74.2 Å². The van der Waals surface area contributed by atoms with Crippen LogP contribution in [-0.2, 0) is 22.4 Å². The van der Waals surface area contributed by atoms with Gasteiger partial charge in [-0.15, -0.1) is 0 Å². The first-order valence-electron chi connectivity index (χ1n) is 10.9. The van der Waals surface area contributed by atoms with Crippen LogP contribution in [0.1, 0.15) is 45.7 Å². The minimum absolute atomic E-state index is 0.0417. The minimum Gasteiger partial charge on any atom is -0.516 e. The number of methoxy groups -OCH3 is 1. The smallest absolute Gasteiger partial charge is 0.137 e. The topological polar surface area (TPSA) is 58.6 Å². The number of aliphatic hydroxyl groups excluding tert-OH is 1. The van der Waals surface area contributed by atoms with Crippen LogP contribution in [0, 0.1) is 0 Å². The van der Waals surface area contributed by atoms with Crippen LogP contribution < -0.4 is 5.32 Å². The molecule has 2 rings (SSSR count). The van der Waals surface area contributed by atoms with Crippen molar-refractivity contribution in [2.45, 2.75) is 59.1 Å². The van der Waals surface area contributed by atoms with Crippen molar-refractivity contribution < 1.29 is 14.6 Å². The number of hydrogen-bond donors (Lipinski definition) is 2. The van der Waals surface area contributed by atoms with Gasteiger partial charge in [0.2, 0.25) is 0 Å². The average Bonchev–Trinajstić information content (AvgIpc) is 2.77. The molecule has 176 valence electrons. The van der Waals surface area contributed by atoms with Crippen molar-refractivity contribution in [3.05, 3.63) is 84.7 Å². The summed E-state index contributed by atoms with van der Waals surface area (Å²) in [5.74, 6) is 0. The molecule has 0 aliphatic rings. The van der Waals surface area contributed by atoms with Gasteiger partial charge in [0.25, 0.3) is 0 Å². The first-order chi connectivity index (χ1) is 15.1. The largest absolute Gasteiger partial charge is 0.516 e. The van der Waals surface area contributed by atoms with E-state index in [1.54, 1.807) is 7.11 Å². The van der Waals surface area contributed by atoms with E-state index in [4.69, 9.17) is 9.84 Å². The van der Waals surface area contributed by atoms with Gasteiger partial charge in [-0.25, -0.2) is 0 Å². The van der Waals surface area contributed by atoms with Crippen molar-refractivity contribution in [2.75, 3.05) is 13.7 Å². The Labute approximate surface area is 195 Å². The van der Waals surface area contributed by atoms with Crippen LogP contribution in [0.5, 0.6) is 0 Å². The number of rotatable bonds is 8. The normalized spacial score (nSPS) is 11.2. The lowest BCUT2D eigenvalue weighted by molar-refractivity contribution is -0.109. The van der Waals surface area contributed by atoms with Crippen molar-refractivity contribution >= 4 is 6.29 Å². The zero-order valence-electron chi connectivity index (χ0n) is 20.7. The molecule has 1 atom stereocenters. The van der Waals surface area contributed by atoms with Crippen molar-refractivity contribution in [2.24, 2.45) is 0 Å². The van der Waals surface area contributed by atoms with Gasteiger partial charge in [0, 0.05) is 13.7 Å². The maximum atomic E-state index is 11.2. The second-order valence-corrected chi connectivity index (χ2v) is 8.53. The fourth-order valence-corrected chi connectivity index (χ4v) is 2.53. The van der Waals surface area contributed by atoms with E-state index in [9.17, 15) is 4.79 Å². The third-order valence-corrected chi connectivity index (χ3v) is 4.52. The van der Waals surface area contributed by atoms with Crippen molar-refractivity contribution in [1.29, 1.82) is 0 Å². The molecule has 0 heterocycles. The summed E-state index contributed by atoms with van der Waals surface area (Å²) in [5.41, 5.74) is 6.02. The van der Waals surface area contributed by atoms with Crippen LogP contribution in [0.25, 0.3) is 11.1 Å². The van der Waals surface area contributed by atoms with Crippen LogP contribution in [-0.4, -0.2) is 36.7 Å². The van der Waals surface area contributed by atoms with E-state index in [1.807, 2.05) is 27.7 Å². The number of nitrogens with one attached hydrogen (secondary N) is 1. The molecule has 2 N–H and O–H groups in total. The number of ether oxygens (including phenoxy) is 1. The molecule has 0 radical (unpaired) electrons. The lowest BCUT2D eigenvalue weighted by Crippen LogP contribution is -2.33. The van der Waals surface area contributed by atoms with E-state index >= 15 is 0 Å². The molecule has 2 aromatic carbocycles. The van der Waals surface area contributed by atoms with E-state index in [0.29, 0.717) is 13.0 Å². The van der Waals surface area contributed by atoms with Crippen LogP contribution in [0.3, 0.4) is 0 Å². The molecule has 0 bridgehead atoms. The van der Waals surface area contributed by atoms with Crippen LogP contribution in [0.2, 0.25) is 0 Å². The van der Waals surface area contributed by atoms with Gasteiger partial charge in [-0.2, -0.15) is 0 Å². The maximum absolute atomic E-state index is 11.2. The van der Waals surface area contributed by atoms with Crippen molar-refractivity contribution in [1.82, 2.24) is 5.32 Å². The summed E-state index contributed by atoms with van der Waals surface area (Å²) in [5, 5.41) is 10.5. The zero-order valence-corrected chi connectivity index (χ0v) is 20.7. The lowest BCUT2D eigenvalue weighted by Gasteiger charge is -2.14. The number of aryl methyl sites for hydroxylation is 1. The highest BCUT2D eigenvalue weighted by Crippen LogP contribution is 2.21. The fourth-order valence-electron chi connectivity index (χ4n) is 2.53. The molecule has 4 nitrogen and oxygen atoms in total. The molecular weight excluding hydrogens is 398 g/mol. The monoisotopic (exact) mass is 439 g/mol. The predicted octanol–water partition coefficient (Wildman–Crippen LogP) is 6.31. The van der Waals surface area contributed by atoms with Gasteiger partial charge in [0.15, 0.2) is 0 Å². The van der Waals surface area contributed by atoms with E-state index < -0.39 is 0 Å². The number of aldehydes is 1. The molecular formula is C28H41NO3. The number of benzene rings is 2. The Morgan fingerprint density at radius 1 is 1.12 bits per heavy atom. The Hall–Kier alpha value is -2.69. The Bertz CT molecular complexity index is 804. The van der Waals surface area contributed by atoms with Gasteiger partial charge in [-0.3, -0.25) is 0 Å². The number of carbonyl (C=O) groups excluding carboxylic acids is 1. The maximum Gasteiger partial charge on any atom is 0.137 e. The Morgan fingerprint density at radius 2 is 1.69 bits per heavy atom. The lowest BCUT2D eigenvalue weighted by atomic mass is 9.99. The van der Waals surface area contributed by atoms with Crippen LogP contribution >= 0.6 is 0 Å². The fraction of sp³-hybridized carbons (Fsp3) is 0.393. The predicted molar refractivity (Wildman–Crippen MR) is 137 cm³/mol. The second-order valence-electron chi connectivity index (χ2n) is 8.53. The van der Waals surface area contributed by atoms with Crippen molar-refractivity contribution in [3.63, 3.8) is 0 Å². The summed E-state index contributed by atoms with van der Waals surface area (Å²) in [6.45, 7) is 17.6. The van der Waals surface area contributed by atoms with Gasteiger partial charge in [0.1, 0.15) is 6.29 Å². The number of carbonyl (C=O) groups is 1. The molecule has 0 aromatic heterocycles. The summed E-state index contributed by atoms with van der Waals surface area (Å²) in [6, 6.07) is 16.9. The Morgan fingerprint density at radius 3 is 2.12 bits per heavy atom. The van der Waals surface area contributed by atoms with Gasteiger partial charge < -0.3 is 20.0 Å². The second kappa shape index (κ2) is 16.0. The summed E-state index contributed by atoms with van der Waals surface area (Å²) < 4.78 is 4.94. The number of aliphatic hydroxyl groups is 1. The van der Waals surface area contributed by atoms with E-state index in [1.165, 1.54) is 16.7 Å². The summed E-state index contributed by atoms with van der Waals surface area (Å²) in [4.78, 5) is 11.2. The summed E-state index contributed by atoms with van der Waals surface area (Å²) >= 11 is 0. The average molecular weight is 440 g/mol. The SMILES string of the molecule is C=C(C)CNC(C=O)Cc1ccc(-c2cccc(CC)c2)cc1.C=CO.COC(C)(C)C. The number of hydrogen-bond acceptors (Lipinski definition) is 4. The summed E-state index contributed by atoms with van der Waals surface area (Å²) in [6.07, 6.45) is 3.47. The molecule has 0 aliphatic heterocycles. The zero-order chi connectivity index (χ0) is 24.6. The van der Waals surface area contributed by atoms with Crippen LogP contribution in [0.4, 0.5) is 0 Å². The minimum atomic E-state index is -0.166. The molecule has 1 unspecified atom stereocenters. The van der Waals surface area contributed by atoms with E-state index in [-0.39, 0.29) is 11.6 Å². The third-order valence-electron chi connectivity index (χ3n) is 4.52. The van der Waals surface area contributed by atoms with Gasteiger partial charge in [0.05, 0.1) is 17.9 Å². The standard InChI is InChI=1S/C21H25NO.C5H12O.C2H4O/c1-4-17-6-5-7-20(12-17)19-10-8-18(9-11-19)13-21(15-23)22-14-16(2)3;1-5(2,3)6-4;1-2-3/h5-12,15,21-22H,2,4,13-14H2,1,3H3;1-4H3;2-3H,1H2. The quantitative estimate of drug-likeness (QED) is 0.287. The molecule has 4 heteroatoms. The molecule has 0 saturated heterocycles. The van der Waals surface area contributed by atoms with Gasteiger partial charge >= 0.3 is 0 Å². The van der Waals surface area contributed by atoms with Crippen LogP contribution in [0.15, 0.2) is 73.5 Å². The first kappa shape index (κ1) is 29.3. The molecule has 0 saturated carbocycles. The highest BCUT2D eigenvalue weighted by molar-refractivity contribution is 5.65. The Kier molecular flexibility index (Phi) is 14.7.